The van der Waals surface area contributed by atoms with Crippen LogP contribution in [0.2, 0.25) is 5.02 Å². The minimum absolute atomic E-state index is 0.0461. The summed E-state index contributed by atoms with van der Waals surface area (Å²) in [7, 11) is -4.11. The number of amides is 2. The minimum Gasteiger partial charge on any atom is -0.352 e. The van der Waals surface area contributed by atoms with E-state index in [4.69, 9.17) is 11.6 Å². The highest BCUT2D eigenvalue weighted by molar-refractivity contribution is 9.10. The Balaban J connectivity index is 2.05. The second-order valence-corrected chi connectivity index (χ2v) is 12.3. The average Bonchev–Trinajstić information content (AvgIpc) is 2.93. The van der Waals surface area contributed by atoms with Crippen LogP contribution in [0.25, 0.3) is 0 Å². The largest absolute Gasteiger partial charge is 0.352 e. The minimum atomic E-state index is -4.11. The van der Waals surface area contributed by atoms with Gasteiger partial charge in [-0.25, -0.2) is 8.42 Å². The number of hydrogen-bond donors (Lipinski definition) is 1. The highest BCUT2D eigenvalue weighted by atomic mass is 79.9. The van der Waals surface area contributed by atoms with Crippen LogP contribution in [0, 0.1) is 0 Å². The third-order valence-corrected chi connectivity index (χ3v) is 9.10. The molecule has 0 aliphatic rings. The van der Waals surface area contributed by atoms with E-state index < -0.39 is 28.5 Å². The van der Waals surface area contributed by atoms with E-state index in [2.05, 4.69) is 21.2 Å². The first kappa shape index (κ1) is 30.7. The number of anilines is 1. The molecule has 0 bridgehead atoms. The number of carbonyl (C=O) groups is 2. The molecule has 2 amide bonds. The standard InChI is InChI=1S/C29H33BrClN3O4S/c1-4-21(3)32-29(36)27(5-2)33(19-22-11-9-10-14-26(22)31)28(35)20-34(24-17-15-23(30)16-18-24)39(37,38)25-12-7-6-8-13-25/h6-18,21,27H,4-5,19-20H2,1-3H3,(H,32,36)/t21-,27-/m0/s1. The smallest absolute Gasteiger partial charge is 0.264 e. The van der Waals surface area contributed by atoms with E-state index in [0.29, 0.717) is 22.7 Å². The molecule has 10 heteroatoms. The van der Waals surface area contributed by atoms with Gasteiger partial charge >= 0.3 is 0 Å². The molecule has 3 rings (SSSR count). The van der Waals surface area contributed by atoms with E-state index >= 15 is 0 Å². The summed E-state index contributed by atoms with van der Waals surface area (Å²) in [6, 6.07) is 20.8. The van der Waals surface area contributed by atoms with Gasteiger partial charge in [0.2, 0.25) is 11.8 Å². The van der Waals surface area contributed by atoms with Crippen LogP contribution in [0.3, 0.4) is 0 Å². The Labute approximate surface area is 244 Å². The Morgan fingerprint density at radius 3 is 2.13 bits per heavy atom. The Bertz CT molecular complexity index is 1370. The summed E-state index contributed by atoms with van der Waals surface area (Å²) in [5, 5.41) is 3.41. The number of nitrogens with one attached hydrogen (secondary N) is 1. The van der Waals surface area contributed by atoms with Crippen molar-refractivity contribution in [3.63, 3.8) is 0 Å². The SMILES string of the molecule is CC[C@H](C)NC(=O)[C@H](CC)N(Cc1ccccc1Cl)C(=O)CN(c1ccc(Br)cc1)S(=O)(=O)c1ccccc1. The molecule has 0 aromatic heterocycles. The van der Waals surface area contributed by atoms with Crippen molar-refractivity contribution in [2.45, 2.75) is 57.1 Å². The molecule has 0 saturated heterocycles. The molecule has 39 heavy (non-hydrogen) atoms. The summed E-state index contributed by atoms with van der Waals surface area (Å²) in [5.74, 6) is -0.822. The Morgan fingerprint density at radius 2 is 1.54 bits per heavy atom. The molecule has 3 aromatic rings. The van der Waals surface area contributed by atoms with E-state index in [1.165, 1.54) is 17.0 Å². The Hall–Kier alpha value is -2.88. The van der Waals surface area contributed by atoms with Crippen molar-refractivity contribution in [3.05, 3.63) is 93.9 Å². The van der Waals surface area contributed by atoms with Gasteiger partial charge < -0.3 is 10.2 Å². The van der Waals surface area contributed by atoms with Crippen LogP contribution < -0.4 is 9.62 Å². The first-order chi connectivity index (χ1) is 18.6. The first-order valence-electron chi connectivity index (χ1n) is 12.7. The van der Waals surface area contributed by atoms with E-state index in [-0.39, 0.29) is 23.4 Å². The van der Waals surface area contributed by atoms with Gasteiger partial charge in [-0.15, -0.1) is 0 Å². The van der Waals surface area contributed by atoms with Crippen LogP contribution in [0.15, 0.2) is 88.2 Å². The fraction of sp³-hybridized carbons (Fsp3) is 0.310. The average molecular weight is 635 g/mol. The number of benzene rings is 3. The van der Waals surface area contributed by atoms with Crippen LogP contribution >= 0.6 is 27.5 Å². The molecule has 0 saturated carbocycles. The summed E-state index contributed by atoms with van der Waals surface area (Å²) in [6.45, 7) is 5.22. The lowest BCUT2D eigenvalue weighted by Gasteiger charge is -2.34. The van der Waals surface area contributed by atoms with Crippen molar-refractivity contribution in [2.24, 2.45) is 0 Å². The molecule has 208 valence electrons. The lowest BCUT2D eigenvalue weighted by molar-refractivity contribution is -0.140. The third-order valence-electron chi connectivity index (χ3n) is 6.41. The molecule has 1 N–H and O–H groups in total. The monoisotopic (exact) mass is 633 g/mol. The van der Waals surface area contributed by atoms with Crippen LogP contribution in [0.4, 0.5) is 5.69 Å². The number of carbonyl (C=O) groups excluding carboxylic acids is 2. The summed E-state index contributed by atoms with van der Waals surface area (Å²) >= 11 is 9.80. The van der Waals surface area contributed by atoms with Crippen molar-refractivity contribution in [1.29, 1.82) is 0 Å². The van der Waals surface area contributed by atoms with E-state index in [1.54, 1.807) is 66.7 Å². The number of nitrogens with zero attached hydrogens (tertiary/aromatic N) is 2. The Kier molecular flexibility index (Phi) is 11.0. The van der Waals surface area contributed by atoms with Gasteiger partial charge in [-0.05, 0) is 67.8 Å². The third kappa shape index (κ3) is 7.84. The second kappa shape index (κ2) is 14.0. The number of hydrogen-bond acceptors (Lipinski definition) is 4. The lowest BCUT2D eigenvalue weighted by Crippen LogP contribution is -2.53. The van der Waals surface area contributed by atoms with Crippen molar-refractivity contribution in [3.8, 4) is 0 Å². The van der Waals surface area contributed by atoms with Crippen LogP contribution in [-0.4, -0.2) is 43.8 Å². The molecule has 0 unspecified atom stereocenters. The first-order valence-corrected chi connectivity index (χ1v) is 15.4. The molecule has 0 aliphatic carbocycles. The molecule has 3 aromatic carbocycles. The van der Waals surface area contributed by atoms with Gasteiger partial charge in [0, 0.05) is 22.1 Å². The maximum absolute atomic E-state index is 14.0. The summed E-state index contributed by atoms with van der Waals surface area (Å²) in [6.07, 6.45) is 1.06. The van der Waals surface area contributed by atoms with Gasteiger partial charge in [0.25, 0.3) is 10.0 Å². The number of rotatable bonds is 12. The zero-order valence-corrected chi connectivity index (χ0v) is 25.3. The summed E-state index contributed by atoms with van der Waals surface area (Å²) < 4.78 is 29.4. The summed E-state index contributed by atoms with van der Waals surface area (Å²) in [5.41, 5.74) is 0.980. The quantitative estimate of drug-likeness (QED) is 0.264. The second-order valence-electron chi connectivity index (χ2n) is 9.16. The zero-order chi connectivity index (χ0) is 28.6. The lowest BCUT2D eigenvalue weighted by atomic mass is 10.1. The fourth-order valence-corrected chi connectivity index (χ4v) is 5.92. The van der Waals surface area contributed by atoms with E-state index in [1.807, 2.05) is 20.8 Å². The molecule has 0 heterocycles. The van der Waals surface area contributed by atoms with Crippen LogP contribution in [0.1, 0.15) is 39.2 Å². The van der Waals surface area contributed by atoms with Crippen molar-refractivity contribution >= 4 is 55.1 Å². The molecular formula is C29H33BrClN3O4S. The molecule has 0 fully saturated rings. The van der Waals surface area contributed by atoms with Gasteiger partial charge in [0.05, 0.1) is 10.6 Å². The fourth-order valence-electron chi connectivity index (χ4n) is 4.03. The van der Waals surface area contributed by atoms with Crippen molar-refractivity contribution < 1.29 is 18.0 Å². The normalized spacial score (nSPS) is 12.8. The number of sulfonamides is 1. The topological polar surface area (TPSA) is 86.8 Å². The molecule has 0 aliphatic heterocycles. The maximum Gasteiger partial charge on any atom is 0.264 e. The molecule has 7 nitrogen and oxygen atoms in total. The molecule has 0 radical (unpaired) electrons. The predicted molar refractivity (Wildman–Crippen MR) is 159 cm³/mol. The van der Waals surface area contributed by atoms with Gasteiger partial charge in [0.15, 0.2) is 0 Å². The maximum atomic E-state index is 14.0. The highest BCUT2D eigenvalue weighted by Gasteiger charge is 2.34. The number of halogens is 2. The zero-order valence-electron chi connectivity index (χ0n) is 22.2. The molecular weight excluding hydrogens is 602 g/mol. The van der Waals surface area contributed by atoms with Crippen molar-refractivity contribution in [1.82, 2.24) is 10.2 Å². The van der Waals surface area contributed by atoms with Crippen LogP contribution in [-0.2, 0) is 26.2 Å². The van der Waals surface area contributed by atoms with Crippen molar-refractivity contribution in [2.75, 3.05) is 10.8 Å². The van der Waals surface area contributed by atoms with Gasteiger partial charge in [-0.3, -0.25) is 13.9 Å². The van der Waals surface area contributed by atoms with Gasteiger partial charge in [-0.2, -0.15) is 0 Å². The van der Waals surface area contributed by atoms with Gasteiger partial charge in [-0.1, -0.05) is 77.8 Å². The molecule has 0 spiro atoms. The van der Waals surface area contributed by atoms with E-state index in [9.17, 15) is 18.0 Å². The summed E-state index contributed by atoms with van der Waals surface area (Å²) in [4.78, 5) is 28.8. The van der Waals surface area contributed by atoms with E-state index in [0.717, 1.165) is 15.2 Å². The Morgan fingerprint density at radius 1 is 0.923 bits per heavy atom. The highest BCUT2D eigenvalue weighted by Crippen LogP contribution is 2.27. The predicted octanol–water partition coefficient (Wildman–Crippen LogP) is 6.02. The van der Waals surface area contributed by atoms with Gasteiger partial charge in [0.1, 0.15) is 12.6 Å². The van der Waals surface area contributed by atoms with Crippen LogP contribution in [0.5, 0.6) is 0 Å². The molecule has 2 atom stereocenters.